The molecule has 9 rings (SSSR count). The summed E-state index contributed by atoms with van der Waals surface area (Å²) < 4.78 is 53.1. The van der Waals surface area contributed by atoms with E-state index in [9.17, 15) is 60.0 Å². The van der Waals surface area contributed by atoms with Crippen molar-refractivity contribution in [2.75, 3.05) is 47.1 Å². The quantitative estimate of drug-likeness (QED) is 0.0583. The van der Waals surface area contributed by atoms with E-state index in [1.807, 2.05) is 6.07 Å². The second-order valence-electron chi connectivity index (χ2n) is 21.8. The molecule has 1 spiro atoms. The van der Waals surface area contributed by atoms with Gasteiger partial charge in [0.25, 0.3) is 0 Å². The third-order valence-corrected chi connectivity index (χ3v) is 16.5. The maximum atomic E-state index is 14.1. The van der Waals surface area contributed by atoms with Crippen LogP contribution in [0.15, 0.2) is 24.0 Å². The molecule has 76 heavy (non-hydrogen) atoms. The van der Waals surface area contributed by atoms with Crippen molar-refractivity contribution in [2.45, 2.75) is 186 Å². The van der Waals surface area contributed by atoms with Gasteiger partial charge < -0.3 is 105 Å². The number of phenolic OH excluding ortho intramolecular Hbond substituents is 1. The monoisotopic (exact) mass is 1080 g/mol. The van der Waals surface area contributed by atoms with Crippen molar-refractivity contribution >= 4 is 23.7 Å². The number of methoxy groups -OCH3 is 2. The van der Waals surface area contributed by atoms with Crippen LogP contribution in [0.3, 0.4) is 0 Å². The van der Waals surface area contributed by atoms with Gasteiger partial charge in [0.15, 0.2) is 36.5 Å². The van der Waals surface area contributed by atoms with E-state index in [0.29, 0.717) is 25.3 Å². The second-order valence-corrected chi connectivity index (χ2v) is 21.8. The summed E-state index contributed by atoms with van der Waals surface area (Å²) >= 11 is 0. The van der Waals surface area contributed by atoms with Crippen molar-refractivity contribution in [2.24, 2.45) is 11.7 Å². The minimum absolute atomic E-state index is 0.0926. The number of nitrogens with zero attached hydrogens (tertiary/aromatic N) is 1. The van der Waals surface area contributed by atoms with Crippen molar-refractivity contribution in [3.8, 4) is 11.5 Å². The number of piperidine rings is 1. The minimum atomic E-state index is -1.92. The Bertz CT molecular complexity index is 2360. The summed E-state index contributed by atoms with van der Waals surface area (Å²) in [6.07, 6.45) is -14.9. The van der Waals surface area contributed by atoms with Crippen molar-refractivity contribution in [3.05, 3.63) is 35.1 Å². The molecule has 424 valence electrons. The molecule has 13 N–H and O–H groups in total. The number of esters is 1. The second kappa shape index (κ2) is 22.1. The molecule has 8 aliphatic rings. The van der Waals surface area contributed by atoms with Crippen molar-refractivity contribution in [1.29, 1.82) is 0 Å². The molecule has 4 saturated heterocycles. The summed E-state index contributed by atoms with van der Waals surface area (Å²) in [7, 11) is 2.52. The van der Waals surface area contributed by atoms with Crippen LogP contribution in [0.2, 0.25) is 0 Å². The number of phenols is 1. The topological polar surface area (TPSA) is 379 Å². The molecule has 3 amide bonds. The molecule has 1 aromatic rings. The number of benzene rings is 1. The van der Waals surface area contributed by atoms with Crippen LogP contribution in [-0.4, -0.2) is 232 Å². The number of aliphatic hydroxyl groups is 7. The number of rotatable bonds is 19. The molecule has 2 bridgehead atoms. The fourth-order valence-electron chi connectivity index (χ4n) is 12.5. The number of amides is 3. The van der Waals surface area contributed by atoms with Crippen molar-refractivity contribution in [3.63, 3.8) is 0 Å². The summed E-state index contributed by atoms with van der Waals surface area (Å²) in [5.41, 5.74) is 3.82. The molecule has 6 unspecified atom stereocenters. The number of nitrogens with one attached hydrogen (secondary N) is 3. The lowest BCUT2D eigenvalue weighted by Gasteiger charge is -2.62. The SMILES string of the molecule is CO[C@@H]1OC(CO)[C@@H](O[C@@H]2OC(CO)[C@@H](O[C@@H]3OC(CO)[C@@H](OC)[C@H](O)C3NC(C)=O)[C@H](O)C2NC(=O)CCC(=O)NC(C)(C)C(=O)OC2=CC[C@@]3(O)[C@H]4Cc5ccc(O)c6c5[C@@]3(CCN4CC3CC3)[C@H]2O6)[C@H](O)C1N. The zero-order chi connectivity index (χ0) is 54.8. The fraction of sp³-hybridized carbons (Fsp3) is 0.760. The highest BCUT2D eigenvalue weighted by Gasteiger charge is 2.72. The third-order valence-electron chi connectivity index (χ3n) is 16.5. The summed E-state index contributed by atoms with van der Waals surface area (Å²) in [4.78, 5) is 56.3. The van der Waals surface area contributed by atoms with E-state index < -0.39 is 171 Å². The number of nitrogens with two attached hydrogens (primary N) is 1. The molecule has 1 aromatic carbocycles. The van der Waals surface area contributed by atoms with Crippen LogP contribution >= 0.6 is 0 Å². The number of carbonyl (C=O) groups is 4. The molecule has 3 aliphatic carbocycles. The van der Waals surface area contributed by atoms with Gasteiger partial charge in [-0.3, -0.25) is 19.3 Å². The zero-order valence-corrected chi connectivity index (χ0v) is 43.0. The average molecular weight is 1080 g/mol. The highest BCUT2D eigenvalue weighted by Crippen LogP contribution is 2.65. The van der Waals surface area contributed by atoms with Gasteiger partial charge in [-0.05, 0) is 69.7 Å². The van der Waals surface area contributed by atoms with Gasteiger partial charge in [0.05, 0.1) is 36.9 Å². The number of ether oxygens (including phenoxy) is 9. The largest absolute Gasteiger partial charge is 0.504 e. The van der Waals surface area contributed by atoms with Crippen LogP contribution in [0.4, 0.5) is 0 Å². The summed E-state index contributed by atoms with van der Waals surface area (Å²) in [6.45, 7) is 3.23. The Kier molecular flexibility index (Phi) is 16.5. The average Bonchev–Trinajstić information content (AvgIpc) is 4.29. The molecular formula is C50H73N5O21. The number of aliphatic hydroxyl groups excluding tert-OH is 6. The molecule has 5 fully saturated rings. The highest BCUT2D eigenvalue weighted by atomic mass is 16.7. The third kappa shape index (κ3) is 10.1. The molecule has 0 radical (unpaired) electrons. The Morgan fingerprint density at radius 3 is 2.03 bits per heavy atom. The number of hydrogen-bond donors (Lipinski definition) is 12. The van der Waals surface area contributed by atoms with E-state index in [-0.39, 0.29) is 29.7 Å². The minimum Gasteiger partial charge on any atom is -0.504 e. The molecule has 26 heteroatoms. The van der Waals surface area contributed by atoms with Crippen LogP contribution in [0, 0.1) is 5.92 Å². The normalized spacial score (nSPS) is 39.8. The molecule has 5 aliphatic heterocycles. The van der Waals surface area contributed by atoms with E-state index in [2.05, 4.69) is 20.9 Å². The number of likely N-dealkylation sites (tertiary alicyclic amines) is 1. The maximum absolute atomic E-state index is 14.1. The number of hydrogen-bond acceptors (Lipinski definition) is 23. The van der Waals surface area contributed by atoms with Gasteiger partial charge in [0, 0.05) is 58.6 Å². The summed E-state index contributed by atoms with van der Waals surface area (Å²) in [5, 5.41) is 97.1. The zero-order valence-electron chi connectivity index (χ0n) is 43.0. The van der Waals surface area contributed by atoms with Crippen LogP contribution < -0.4 is 26.4 Å². The summed E-state index contributed by atoms with van der Waals surface area (Å²) in [5.74, 6) is -2.29. The fourth-order valence-corrected chi connectivity index (χ4v) is 12.5. The lowest BCUT2D eigenvalue weighted by molar-refractivity contribution is -0.352. The predicted octanol–water partition coefficient (Wildman–Crippen LogP) is -4.35. The van der Waals surface area contributed by atoms with Gasteiger partial charge in [0.2, 0.25) is 17.7 Å². The molecule has 19 atom stereocenters. The molecular weight excluding hydrogens is 1010 g/mol. The Labute approximate surface area is 438 Å². The lowest BCUT2D eigenvalue weighted by atomic mass is 9.50. The van der Waals surface area contributed by atoms with Gasteiger partial charge in [-0.2, -0.15) is 0 Å². The van der Waals surface area contributed by atoms with Crippen molar-refractivity contribution < 1.29 is 103 Å². The molecule has 5 heterocycles. The van der Waals surface area contributed by atoms with Gasteiger partial charge in [-0.25, -0.2) is 4.79 Å². The van der Waals surface area contributed by atoms with E-state index in [4.69, 9.17) is 48.4 Å². The lowest BCUT2D eigenvalue weighted by Crippen LogP contribution is -2.75. The van der Waals surface area contributed by atoms with Gasteiger partial charge >= 0.3 is 5.97 Å². The Morgan fingerprint density at radius 2 is 1.42 bits per heavy atom. The van der Waals surface area contributed by atoms with Crippen LogP contribution in [0.1, 0.15) is 70.4 Å². The predicted molar refractivity (Wildman–Crippen MR) is 256 cm³/mol. The Hall–Kier alpha value is -4.20. The van der Waals surface area contributed by atoms with Gasteiger partial charge in [-0.15, -0.1) is 0 Å². The first-order valence-electron chi connectivity index (χ1n) is 25.9. The highest BCUT2D eigenvalue weighted by molar-refractivity contribution is 5.90. The van der Waals surface area contributed by atoms with Crippen LogP contribution in [-0.2, 0) is 68.9 Å². The van der Waals surface area contributed by atoms with E-state index in [1.165, 1.54) is 28.1 Å². The number of carbonyl (C=O) groups excluding carboxylic acids is 4. The summed E-state index contributed by atoms with van der Waals surface area (Å²) in [6, 6.07) is -1.09. The number of aromatic hydroxyl groups is 1. The van der Waals surface area contributed by atoms with Crippen LogP contribution in [0.5, 0.6) is 11.5 Å². The maximum Gasteiger partial charge on any atom is 0.336 e. The molecule has 26 nitrogen and oxygen atoms in total. The van der Waals surface area contributed by atoms with E-state index in [0.717, 1.165) is 37.4 Å². The van der Waals surface area contributed by atoms with Crippen molar-refractivity contribution in [1.82, 2.24) is 20.9 Å². The van der Waals surface area contributed by atoms with Gasteiger partial charge in [-0.1, -0.05) is 6.07 Å². The Morgan fingerprint density at radius 1 is 0.829 bits per heavy atom. The van der Waals surface area contributed by atoms with Gasteiger partial charge in [0.1, 0.15) is 78.3 Å². The first-order chi connectivity index (χ1) is 36.1. The standard InChI is InChI=1S/C50H73N5O21/c1-21(59)52-34-37(64)40(68-4)26(18-56)71-45(34)76-42-28(20-58)72-46(75-41-27(19-57)70-44(69-5)33(51)36(41)63)35(38(42)65)53-30(61)10-11-31(62)54-48(2,3)47(66)73-25-12-13-50(67)29-16-23-8-9-24(60)39-32(23)49(50,43(25)74-39)14-15-55(29)17-22-6-7-22/h8-9,12,22,26-29,33-38,40-46,56-58,60,63-65,67H,6-7,10-11,13-20,51H2,1-5H3,(H,52,59)(H,53,61)(H,54,62)/t26?,27?,28?,29-,33?,34?,35?,36-,37-,38-,40-,41-,42-,43+,44-,45+,46+,49+,50-/m1/s1. The van der Waals surface area contributed by atoms with E-state index in [1.54, 1.807) is 12.1 Å². The molecule has 1 saturated carbocycles. The first kappa shape index (κ1) is 56.5. The van der Waals surface area contributed by atoms with Crippen LogP contribution in [0.25, 0.3) is 0 Å². The molecule has 0 aromatic heterocycles. The smallest absolute Gasteiger partial charge is 0.336 e. The van der Waals surface area contributed by atoms with E-state index >= 15 is 0 Å². The Balaban J connectivity index is 0.890. The first-order valence-corrected chi connectivity index (χ1v) is 25.9.